The fourth-order valence-corrected chi connectivity index (χ4v) is 3.98. The van der Waals surface area contributed by atoms with Crippen molar-refractivity contribution in [2.24, 2.45) is 0 Å². The molecule has 0 aliphatic heterocycles. The summed E-state index contributed by atoms with van der Waals surface area (Å²) in [5, 5.41) is 9.61. The predicted molar refractivity (Wildman–Crippen MR) is 109 cm³/mol. The van der Waals surface area contributed by atoms with Gasteiger partial charge in [-0.05, 0) is 67.4 Å². The van der Waals surface area contributed by atoms with Gasteiger partial charge in [-0.2, -0.15) is 5.26 Å². The molecule has 0 spiro atoms. The Morgan fingerprint density at radius 3 is 2.64 bits per heavy atom. The number of anilines is 1. The lowest BCUT2D eigenvalue weighted by Crippen LogP contribution is -2.30. The standard InChI is InChI=1S/C22H17N3O2S/c1-14-5-10-19-20(15(14)2)24-22(28-19)25(13-18-4-3-11-27-18)21(26)17-8-6-16(12-23)7-9-17/h3-11H,13H2,1-2H3. The molecule has 2 heterocycles. The first-order valence-corrected chi connectivity index (χ1v) is 9.59. The van der Waals surface area contributed by atoms with Crippen molar-refractivity contribution < 1.29 is 9.21 Å². The first-order valence-electron chi connectivity index (χ1n) is 8.78. The topological polar surface area (TPSA) is 70.1 Å². The molecule has 1 amide bonds. The number of carbonyl (C=O) groups excluding carboxylic acids is 1. The third kappa shape index (κ3) is 3.28. The maximum absolute atomic E-state index is 13.3. The minimum Gasteiger partial charge on any atom is -0.467 e. The fourth-order valence-electron chi connectivity index (χ4n) is 2.96. The van der Waals surface area contributed by atoms with Crippen LogP contribution >= 0.6 is 11.3 Å². The van der Waals surface area contributed by atoms with Crippen molar-refractivity contribution >= 4 is 32.6 Å². The third-order valence-corrected chi connectivity index (χ3v) is 5.75. The summed E-state index contributed by atoms with van der Waals surface area (Å²) in [7, 11) is 0. The molecule has 2 aromatic carbocycles. The molecule has 0 radical (unpaired) electrons. The lowest BCUT2D eigenvalue weighted by molar-refractivity contribution is 0.0983. The number of carbonyl (C=O) groups is 1. The average Bonchev–Trinajstić information content (AvgIpc) is 3.38. The molecule has 0 saturated carbocycles. The van der Waals surface area contributed by atoms with Crippen molar-refractivity contribution in [3.8, 4) is 6.07 Å². The second kappa shape index (κ2) is 7.29. The van der Waals surface area contributed by atoms with Gasteiger partial charge in [0.1, 0.15) is 5.76 Å². The number of aromatic nitrogens is 1. The molecule has 4 rings (SSSR count). The van der Waals surface area contributed by atoms with E-state index in [0.29, 0.717) is 22.0 Å². The van der Waals surface area contributed by atoms with Crippen LogP contribution in [0.25, 0.3) is 10.2 Å². The van der Waals surface area contributed by atoms with Crippen LogP contribution in [0, 0.1) is 25.2 Å². The monoisotopic (exact) mass is 387 g/mol. The quantitative estimate of drug-likeness (QED) is 0.481. The number of thiazole rings is 1. The highest BCUT2D eigenvalue weighted by Gasteiger charge is 2.23. The summed E-state index contributed by atoms with van der Waals surface area (Å²) in [5.41, 5.74) is 4.21. The molecule has 5 nitrogen and oxygen atoms in total. The fraction of sp³-hybridized carbons (Fsp3) is 0.136. The summed E-state index contributed by atoms with van der Waals surface area (Å²) in [5.74, 6) is 0.489. The highest BCUT2D eigenvalue weighted by atomic mass is 32.1. The van der Waals surface area contributed by atoms with E-state index in [0.717, 1.165) is 15.8 Å². The molecular formula is C22H17N3O2S. The lowest BCUT2D eigenvalue weighted by Gasteiger charge is -2.18. The van der Waals surface area contributed by atoms with Gasteiger partial charge in [-0.15, -0.1) is 0 Å². The smallest absolute Gasteiger partial charge is 0.260 e. The molecule has 28 heavy (non-hydrogen) atoms. The number of aryl methyl sites for hydroxylation is 2. The molecule has 0 fully saturated rings. The highest BCUT2D eigenvalue weighted by Crippen LogP contribution is 2.33. The number of fused-ring (bicyclic) bond motifs is 1. The number of furan rings is 1. The first-order chi connectivity index (χ1) is 13.6. The van der Waals surface area contributed by atoms with Gasteiger partial charge >= 0.3 is 0 Å². The van der Waals surface area contributed by atoms with E-state index >= 15 is 0 Å². The van der Waals surface area contributed by atoms with E-state index in [1.807, 2.05) is 19.1 Å². The van der Waals surface area contributed by atoms with E-state index in [1.165, 1.54) is 16.9 Å². The second-order valence-electron chi connectivity index (χ2n) is 6.51. The van der Waals surface area contributed by atoms with Gasteiger partial charge in [0.15, 0.2) is 5.13 Å². The van der Waals surface area contributed by atoms with Gasteiger partial charge in [0.05, 0.1) is 34.7 Å². The molecule has 0 bridgehead atoms. The highest BCUT2D eigenvalue weighted by molar-refractivity contribution is 7.22. The van der Waals surface area contributed by atoms with Gasteiger partial charge in [-0.1, -0.05) is 17.4 Å². The Bertz CT molecular complexity index is 1190. The summed E-state index contributed by atoms with van der Waals surface area (Å²) < 4.78 is 6.50. The molecular weight excluding hydrogens is 370 g/mol. The van der Waals surface area contributed by atoms with Crippen LogP contribution < -0.4 is 4.90 Å². The number of hydrogen-bond donors (Lipinski definition) is 0. The number of rotatable bonds is 4. The number of nitriles is 1. The summed E-state index contributed by atoms with van der Waals surface area (Å²) in [4.78, 5) is 19.7. The Morgan fingerprint density at radius 1 is 1.18 bits per heavy atom. The van der Waals surface area contributed by atoms with Crippen LogP contribution in [-0.2, 0) is 6.54 Å². The Balaban J connectivity index is 1.78. The predicted octanol–water partition coefficient (Wildman–Crippen LogP) is 5.22. The summed E-state index contributed by atoms with van der Waals surface area (Å²) >= 11 is 1.48. The zero-order valence-electron chi connectivity index (χ0n) is 15.5. The molecule has 4 aromatic rings. The van der Waals surface area contributed by atoms with E-state index in [4.69, 9.17) is 14.7 Å². The Morgan fingerprint density at radius 2 is 1.96 bits per heavy atom. The van der Waals surface area contributed by atoms with E-state index in [2.05, 4.69) is 19.1 Å². The molecule has 0 atom stereocenters. The number of amides is 1. The SMILES string of the molecule is Cc1ccc2sc(N(Cc3ccco3)C(=O)c3ccc(C#N)cc3)nc2c1C. The minimum atomic E-state index is -0.186. The van der Waals surface area contributed by atoms with Gasteiger partial charge < -0.3 is 4.42 Å². The van der Waals surface area contributed by atoms with Crippen LogP contribution in [0.3, 0.4) is 0 Å². The van der Waals surface area contributed by atoms with Crippen molar-refractivity contribution in [1.82, 2.24) is 4.98 Å². The van der Waals surface area contributed by atoms with Crippen LogP contribution in [-0.4, -0.2) is 10.9 Å². The van der Waals surface area contributed by atoms with Gasteiger partial charge in [-0.3, -0.25) is 9.69 Å². The molecule has 2 aromatic heterocycles. The molecule has 0 aliphatic carbocycles. The maximum atomic E-state index is 13.3. The number of nitrogens with zero attached hydrogens (tertiary/aromatic N) is 3. The molecule has 138 valence electrons. The van der Waals surface area contributed by atoms with Gasteiger partial charge in [-0.25, -0.2) is 4.98 Å². The van der Waals surface area contributed by atoms with E-state index in [9.17, 15) is 4.79 Å². The van der Waals surface area contributed by atoms with Crippen LogP contribution in [0.2, 0.25) is 0 Å². The Labute approximate surface area is 166 Å². The third-order valence-electron chi connectivity index (χ3n) is 4.70. The average molecular weight is 387 g/mol. The molecule has 0 aliphatic rings. The maximum Gasteiger partial charge on any atom is 0.260 e. The van der Waals surface area contributed by atoms with Crippen LogP contribution in [0.15, 0.2) is 59.2 Å². The van der Waals surface area contributed by atoms with E-state index < -0.39 is 0 Å². The Kier molecular flexibility index (Phi) is 4.68. The van der Waals surface area contributed by atoms with E-state index in [1.54, 1.807) is 41.5 Å². The van der Waals surface area contributed by atoms with Crippen molar-refractivity contribution in [2.45, 2.75) is 20.4 Å². The van der Waals surface area contributed by atoms with Gasteiger partial charge in [0.25, 0.3) is 5.91 Å². The zero-order valence-corrected chi connectivity index (χ0v) is 16.3. The van der Waals surface area contributed by atoms with Crippen LogP contribution in [0.4, 0.5) is 5.13 Å². The largest absolute Gasteiger partial charge is 0.467 e. The van der Waals surface area contributed by atoms with Crippen LogP contribution in [0.5, 0.6) is 0 Å². The minimum absolute atomic E-state index is 0.186. The molecule has 0 saturated heterocycles. The molecule has 0 unspecified atom stereocenters. The lowest BCUT2D eigenvalue weighted by atomic mass is 10.1. The van der Waals surface area contributed by atoms with Crippen molar-refractivity contribution in [3.63, 3.8) is 0 Å². The van der Waals surface area contributed by atoms with Crippen molar-refractivity contribution in [2.75, 3.05) is 4.90 Å². The normalized spacial score (nSPS) is 10.8. The van der Waals surface area contributed by atoms with Crippen LogP contribution in [0.1, 0.15) is 32.8 Å². The number of benzene rings is 2. The summed E-state index contributed by atoms with van der Waals surface area (Å²) in [6.45, 7) is 4.38. The molecule has 0 N–H and O–H groups in total. The second-order valence-corrected chi connectivity index (χ2v) is 7.52. The van der Waals surface area contributed by atoms with Gasteiger partial charge in [0.2, 0.25) is 0 Å². The zero-order chi connectivity index (χ0) is 19.7. The van der Waals surface area contributed by atoms with E-state index in [-0.39, 0.29) is 12.5 Å². The molecule has 6 heteroatoms. The van der Waals surface area contributed by atoms with Crippen molar-refractivity contribution in [1.29, 1.82) is 5.26 Å². The summed E-state index contributed by atoms with van der Waals surface area (Å²) in [6.07, 6.45) is 1.59. The first kappa shape index (κ1) is 18.0. The number of hydrogen-bond acceptors (Lipinski definition) is 5. The summed E-state index contributed by atoms with van der Waals surface area (Å²) in [6, 6.07) is 16.4. The Hall–Kier alpha value is -3.43. The van der Waals surface area contributed by atoms with Gasteiger partial charge in [0, 0.05) is 5.56 Å². The van der Waals surface area contributed by atoms with Crippen molar-refractivity contribution in [3.05, 3.63) is 82.8 Å².